The average molecular weight is 521 g/mol. The molecule has 1 aliphatic heterocycles. The lowest BCUT2D eigenvalue weighted by molar-refractivity contribution is 0.102. The molecule has 3 aromatic rings. The molecule has 2 heterocycles. The molecule has 0 saturated carbocycles. The smallest absolute Gasteiger partial charge is 0.256 e. The first-order chi connectivity index (χ1) is 17.4. The van der Waals surface area contributed by atoms with Gasteiger partial charge in [0, 0.05) is 42.3 Å². The SMILES string of the molecule is C[C@H]1CCc2c(sc(NC(=O)c3cccc(S(=O)(=O)N4CCN(c5ccccc5)CC4)c3)c2C#N)C1. The molecule has 186 valence electrons. The second-order valence-corrected chi connectivity index (χ2v) is 12.4. The second kappa shape index (κ2) is 10.1. The highest BCUT2D eigenvalue weighted by molar-refractivity contribution is 7.89. The van der Waals surface area contributed by atoms with Crippen molar-refractivity contribution in [2.45, 2.75) is 31.1 Å². The fraction of sp³-hybridized carbons (Fsp3) is 0.333. The third kappa shape index (κ3) is 4.76. The molecule has 1 atom stereocenters. The maximum absolute atomic E-state index is 13.4. The Morgan fingerprint density at radius 1 is 1.08 bits per heavy atom. The molecule has 1 N–H and O–H groups in total. The van der Waals surface area contributed by atoms with Crippen LogP contribution in [-0.2, 0) is 22.9 Å². The van der Waals surface area contributed by atoms with Crippen molar-refractivity contribution in [1.29, 1.82) is 5.26 Å². The number of carbonyl (C=O) groups is 1. The second-order valence-electron chi connectivity index (χ2n) is 9.38. The van der Waals surface area contributed by atoms with Gasteiger partial charge in [0.2, 0.25) is 10.0 Å². The van der Waals surface area contributed by atoms with Gasteiger partial charge in [-0.25, -0.2) is 8.42 Å². The molecule has 1 fully saturated rings. The summed E-state index contributed by atoms with van der Waals surface area (Å²) in [5.74, 6) is 0.145. The summed E-state index contributed by atoms with van der Waals surface area (Å²) in [6.45, 7) is 4.14. The van der Waals surface area contributed by atoms with E-state index in [-0.39, 0.29) is 10.5 Å². The zero-order valence-electron chi connectivity index (χ0n) is 20.1. The van der Waals surface area contributed by atoms with E-state index < -0.39 is 15.9 Å². The number of hydrogen-bond donors (Lipinski definition) is 1. The van der Waals surface area contributed by atoms with Gasteiger partial charge in [0.15, 0.2) is 0 Å². The zero-order chi connectivity index (χ0) is 25.3. The van der Waals surface area contributed by atoms with Crippen LogP contribution in [0.4, 0.5) is 10.7 Å². The van der Waals surface area contributed by atoms with Crippen LogP contribution in [0.15, 0.2) is 59.5 Å². The molecule has 2 aliphatic rings. The third-order valence-electron chi connectivity index (χ3n) is 6.94. The molecule has 9 heteroatoms. The minimum Gasteiger partial charge on any atom is -0.369 e. The maximum atomic E-state index is 13.4. The molecule has 1 aliphatic carbocycles. The van der Waals surface area contributed by atoms with Crippen molar-refractivity contribution in [3.05, 3.63) is 76.2 Å². The van der Waals surface area contributed by atoms with Crippen molar-refractivity contribution in [3.8, 4) is 6.07 Å². The molecule has 2 aromatic carbocycles. The van der Waals surface area contributed by atoms with Crippen molar-refractivity contribution in [1.82, 2.24) is 4.31 Å². The van der Waals surface area contributed by atoms with Gasteiger partial charge in [-0.2, -0.15) is 9.57 Å². The van der Waals surface area contributed by atoms with E-state index in [4.69, 9.17) is 0 Å². The van der Waals surface area contributed by atoms with Gasteiger partial charge >= 0.3 is 0 Å². The number of nitriles is 1. The topological polar surface area (TPSA) is 93.5 Å². The minimum absolute atomic E-state index is 0.100. The van der Waals surface area contributed by atoms with Crippen LogP contribution in [0.1, 0.15) is 39.7 Å². The molecule has 0 bridgehead atoms. The van der Waals surface area contributed by atoms with Crippen LogP contribution in [0.3, 0.4) is 0 Å². The summed E-state index contributed by atoms with van der Waals surface area (Å²) >= 11 is 1.46. The third-order valence-corrected chi connectivity index (χ3v) is 10.0. The van der Waals surface area contributed by atoms with Gasteiger partial charge in [-0.15, -0.1) is 11.3 Å². The Labute approximate surface area is 216 Å². The van der Waals surface area contributed by atoms with E-state index >= 15 is 0 Å². The van der Waals surface area contributed by atoms with E-state index in [0.29, 0.717) is 42.7 Å². The summed E-state index contributed by atoms with van der Waals surface area (Å²) in [7, 11) is -3.74. The number of thiophene rings is 1. The quantitative estimate of drug-likeness (QED) is 0.534. The van der Waals surface area contributed by atoms with Gasteiger partial charge in [0.25, 0.3) is 5.91 Å². The number of sulfonamides is 1. The molecule has 1 aromatic heterocycles. The van der Waals surface area contributed by atoms with Gasteiger partial charge in [-0.1, -0.05) is 31.2 Å². The number of hydrogen-bond acceptors (Lipinski definition) is 6. The van der Waals surface area contributed by atoms with Crippen LogP contribution in [0, 0.1) is 17.2 Å². The predicted molar refractivity (Wildman–Crippen MR) is 142 cm³/mol. The first-order valence-corrected chi connectivity index (χ1v) is 14.4. The summed E-state index contributed by atoms with van der Waals surface area (Å²) < 4.78 is 28.2. The Kier molecular flexibility index (Phi) is 6.84. The van der Waals surface area contributed by atoms with E-state index in [2.05, 4.69) is 23.2 Å². The monoisotopic (exact) mass is 520 g/mol. The van der Waals surface area contributed by atoms with Crippen LogP contribution in [-0.4, -0.2) is 44.8 Å². The first kappa shape index (κ1) is 24.5. The molecule has 5 rings (SSSR count). The fourth-order valence-corrected chi connectivity index (χ4v) is 7.73. The average Bonchev–Trinajstić information content (AvgIpc) is 3.25. The maximum Gasteiger partial charge on any atom is 0.256 e. The molecule has 7 nitrogen and oxygen atoms in total. The number of para-hydroxylation sites is 1. The van der Waals surface area contributed by atoms with Gasteiger partial charge in [-0.05, 0) is 61.1 Å². The van der Waals surface area contributed by atoms with E-state index in [0.717, 1.165) is 35.4 Å². The molecule has 1 amide bonds. The largest absolute Gasteiger partial charge is 0.369 e. The van der Waals surface area contributed by atoms with Gasteiger partial charge in [0.05, 0.1) is 10.5 Å². The van der Waals surface area contributed by atoms with Crippen LogP contribution in [0.2, 0.25) is 0 Å². The number of nitrogens with zero attached hydrogens (tertiary/aromatic N) is 3. The van der Waals surface area contributed by atoms with Crippen LogP contribution >= 0.6 is 11.3 Å². The Morgan fingerprint density at radius 2 is 1.83 bits per heavy atom. The number of benzene rings is 2. The van der Waals surface area contributed by atoms with Crippen LogP contribution < -0.4 is 10.2 Å². The number of rotatable bonds is 5. The van der Waals surface area contributed by atoms with Gasteiger partial charge in [0.1, 0.15) is 11.1 Å². The lowest BCUT2D eigenvalue weighted by Crippen LogP contribution is -2.48. The molecule has 1 saturated heterocycles. The number of anilines is 2. The van der Waals surface area contributed by atoms with Gasteiger partial charge in [-0.3, -0.25) is 4.79 Å². The zero-order valence-corrected chi connectivity index (χ0v) is 21.7. The van der Waals surface area contributed by atoms with Crippen LogP contribution in [0.5, 0.6) is 0 Å². The van der Waals surface area contributed by atoms with Gasteiger partial charge < -0.3 is 10.2 Å². The standard InChI is InChI=1S/C27H28N4O3S2/c1-19-10-11-23-24(18-28)27(35-25(23)16-19)29-26(32)20-6-5-9-22(17-20)36(33,34)31-14-12-30(13-15-31)21-7-3-2-4-8-21/h2-9,17,19H,10-16H2,1H3,(H,29,32)/t19-/m0/s1. The Morgan fingerprint density at radius 3 is 2.56 bits per heavy atom. The number of piperazine rings is 1. The van der Waals surface area contributed by atoms with Crippen molar-refractivity contribution in [2.75, 3.05) is 36.4 Å². The number of amides is 1. The van der Waals surface area contributed by atoms with Crippen molar-refractivity contribution >= 4 is 38.0 Å². The fourth-order valence-electron chi connectivity index (χ4n) is 4.90. The van der Waals surface area contributed by atoms with Crippen LogP contribution in [0.25, 0.3) is 0 Å². The summed E-state index contributed by atoms with van der Waals surface area (Å²) in [4.78, 5) is 16.5. The lowest BCUT2D eigenvalue weighted by atomic mass is 9.88. The van der Waals surface area contributed by atoms with E-state index in [1.807, 2.05) is 30.3 Å². The van der Waals surface area contributed by atoms with E-state index in [1.54, 1.807) is 12.1 Å². The number of nitrogens with one attached hydrogen (secondary N) is 1. The summed E-state index contributed by atoms with van der Waals surface area (Å²) in [6, 6.07) is 18.4. The molecular formula is C27H28N4O3S2. The molecule has 0 spiro atoms. The highest BCUT2D eigenvalue weighted by Crippen LogP contribution is 2.39. The lowest BCUT2D eigenvalue weighted by Gasteiger charge is -2.35. The summed E-state index contributed by atoms with van der Waals surface area (Å²) in [6.07, 6.45) is 2.79. The molecule has 36 heavy (non-hydrogen) atoms. The molecule has 0 radical (unpaired) electrons. The Bertz CT molecular complexity index is 1420. The summed E-state index contributed by atoms with van der Waals surface area (Å²) in [5, 5.41) is 13.1. The minimum atomic E-state index is -3.74. The Hall–Kier alpha value is -3.19. The normalized spacial score (nSPS) is 18.3. The number of fused-ring (bicyclic) bond motifs is 1. The van der Waals surface area contributed by atoms with E-state index in [1.165, 1.54) is 27.8 Å². The van der Waals surface area contributed by atoms with Crippen molar-refractivity contribution < 1.29 is 13.2 Å². The number of carbonyl (C=O) groups excluding carboxylic acids is 1. The van der Waals surface area contributed by atoms with Crippen molar-refractivity contribution in [2.24, 2.45) is 5.92 Å². The molecule has 0 unspecified atom stereocenters. The van der Waals surface area contributed by atoms with E-state index in [9.17, 15) is 18.5 Å². The highest BCUT2D eigenvalue weighted by atomic mass is 32.2. The molecular weight excluding hydrogens is 492 g/mol. The summed E-state index contributed by atoms with van der Waals surface area (Å²) in [5.41, 5.74) is 2.91. The first-order valence-electron chi connectivity index (χ1n) is 12.1. The predicted octanol–water partition coefficient (Wildman–Crippen LogP) is 4.51. The Balaban J connectivity index is 1.31. The highest BCUT2D eigenvalue weighted by Gasteiger charge is 2.30. The van der Waals surface area contributed by atoms with Crippen molar-refractivity contribution in [3.63, 3.8) is 0 Å².